The van der Waals surface area contributed by atoms with Crippen LogP contribution in [0, 0.1) is 6.92 Å². The molecule has 16 heavy (non-hydrogen) atoms. The van der Waals surface area contributed by atoms with Crippen molar-refractivity contribution in [2.75, 3.05) is 22.2 Å². The van der Waals surface area contributed by atoms with E-state index in [4.69, 9.17) is 5.84 Å². The maximum absolute atomic E-state index is 5.30. The van der Waals surface area contributed by atoms with Crippen LogP contribution in [0.3, 0.4) is 0 Å². The summed E-state index contributed by atoms with van der Waals surface area (Å²) in [6.07, 6.45) is 4.17. The van der Waals surface area contributed by atoms with Crippen molar-refractivity contribution in [3.63, 3.8) is 0 Å². The Labute approximate surface area is 99.6 Å². The highest BCUT2D eigenvalue weighted by Crippen LogP contribution is 2.21. The minimum absolute atomic E-state index is 0.457. The summed E-state index contributed by atoms with van der Waals surface area (Å²) in [6.45, 7) is 2.00. The summed E-state index contributed by atoms with van der Waals surface area (Å²) in [5.74, 6) is 9.09. The minimum Gasteiger partial charge on any atom is -0.367 e. The van der Waals surface area contributed by atoms with Gasteiger partial charge in [0.05, 0.1) is 0 Å². The van der Waals surface area contributed by atoms with E-state index in [0.717, 1.165) is 11.4 Å². The van der Waals surface area contributed by atoms with E-state index in [-0.39, 0.29) is 0 Å². The number of hydrazine groups is 1. The van der Waals surface area contributed by atoms with Crippen molar-refractivity contribution in [1.82, 2.24) is 9.97 Å². The molecule has 0 radical (unpaired) electrons. The van der Waals surface area contributed by atoms with Gasteiger partial charge in [0.2, 0.25) is 5.95 Å². The van der Waals surface area contributed by atoms with Gasteiger partial charge in [-0.1, -0.05) is 0 Å². The number of aromatic nitrogens is 2. The van der Waals surface area contributed by atoms with Crippen molar-refractivity contribution >= 4 is 23.5 Å². The number of nitrogen functional groups attached to an aromatic ring is 1. The van der Waals surface area contributed by atoms with Gasteiger partial charge in [-0.2, -0.15) is 16.7 Å². The van der Waals surface area contributed by atoms with Crippen LogP contribution in [0.1, 0.15) is 18.4 Å². The molecule has 1 aromatic heterocycles. The molecular formula is C10H17N5S. The average Bonchev–Trinajstić information content (AvgIpc) is 2.33. The Morgan fingerprint density at radius 2 is 2.19 bits per heavy atom. The first kappa shape index (κ1) is 11.5. The average molecular weight is 239 g/mol. The predicted octanol–water partition coefficient (Wildman–Crippen LogP) is 1.38. The summed E-state index contributed by atoms with van der Waals surface area (Å²) in [4.78, 5) is 8.38. The lowest BCUT2D eigenvalue weighted by Gasteiger charge is -2.23. The second kappa shape index (κ2) is 5.36. The van der Waals surface area contributed by atoms with E-state index in [9.17, 15) is 0 Å². The van der Waals surface area contributed by atoms with E-state index in [2.05, 4.69) is 20.7 Å². The number of hydrogen-bond donors (Lipinski definition) is 3. The lowest BCUT2D eigenvalue weighted by atomic mass is 10.1. The maximum Gasteiger partial charge on any atom is 0.239 e. The van der Waals surface area contributed by atoms with Crippen molar-refractivity contribution in [3.8, 4) is 0 Å². The van der Waals surface area contributed by atoms with E-state index in [1.54, 1.807) is 6.20 Å². The molecule has 1 aromatic rings. The van der Waals surface area contributed by atoms with Crippen LogP contribution in [0.4, 0.5) is 11.8 Å². The first-order valence-electron chi connectivity index (χ1n) is 5.44. The molecule has 4 N–H and O–H groups in total. The highest BCUT2D eigenvalue weighted by Gasteiger charge is 2.15. The zero-order valence-corrected chi connectivity index (χ0v) is 10.2. The third kappa shape index (κ3) is 2.76. The number of hydrogen-bond acceptors (Lipinski definition) is 6. The van der Waals surface area contributed by atoms with E-state index >= 15 is 0 Å². The maximum atomic E-state index is 5.30. The molecule has 0 saturated carbocycles. The van der Waals surface area contributed by atoms with Crippen molar-refractivity contribution in [2.24, 2.45) is 5.84 Å². The summed E-state index contributed by atoms with van der Waals surface area (Å²) in [5, 5.41) is 3.46. The fraction of sp³-hybridized carbons (Fsp3) is 0.600. The monoisotopic (exact) mass is 239 g/mol. The van der Waals surface area contributed by atoms with Gasteiger partial charge in [-0.15, -0.1) is 0 Å². The first-order valence-corrected chi connectivity index (χ1v) is 6.59. The molecule has 0 bridgehead atoms. The zero-order valence-electron chi connectivity index (χ0n) is 9.36. The van der Waals surface area contributed by atoms with Gasteiger partial charge in [0, 0.05) is 17.8 Å². The standard InChI is InChI=1S/C10H17N5S/c1-7-6-12-10(15-11)14-9(7)13-8-2-4-16-5-3-8/h6,8H,2-5,11H2,1H3,(H2,12,13,14,15). The Morgan fingerprint density at radius 1 is 1.44 bits per heavy atom. The molecule has 1 fully saturated rings. The fourth-order valence-corrected chi connectivity index (χ4v) is 2.80. The van der Waals surface area contributed by atoms with Crippen LogP contribution in [0.25, 0.3) is 0 Å². The molecule has 1 aliphatic heterocycles. The zero-order chi connectivity index (χ0) is 11.4. The number of rotatable bonds is 3. The van der Waals surface area contributed by atoms with E-state index < -0.39 is 0 Å². The second-order valence-corrected chi connectivity index (χ2v) is 5.13. The van der Waals surface area contributed by atoms with Crippen LogP contribution in [-0.2, 0) is 0 Å². The number of thioether (sulfide) groups is 1. The third-order valence-electron chi connectivity index (χ3n) is 2.66. The van der Waals surface area contributed by atoms with E-state index in [0.29, 0.717) is 12.0 Å². The van der Waals surface area contributed by atoms with Gasteiger partial charge in [-0.05, 0) is 31.3 Å². The lowest BCUT2D eigenvalue weighted by molar-refractivity contribution is 0.662. The van der Waals surface area contributed by atoms with Crippen molar-refractivity contribution < 1.29 is 0 Å². The first-order chi connectivity index (χ1) is 7.79. The second-order valence-electron chi connectivity index (χ2n) is 3.90. The van der Waals surface area contributed by atoms with Gasteiger partial charge in [0.15, 0.2) is 0 Å². The Balaban J connectivity index is 2.06. The molecule has 5 nitrogen and oxygen atoms in total. The highest BCUT2D eigenvalue weighted by atomic mass is 32.2. The van der Waals surface area contributed by atoms with Crippen LogP contribution in [-0.4, -0.2) is 27.5 Å². The molecular weight excluding hydrogens is 222 g/mol. The number of nitrogens with zero attached hydrogens (tertiary/aromatic N) is 2. The van der Waals surface area contributed by atoms with Gasteiger partial charge >= 0.3 is 0 Å². The number of nitrogens with two attached hydrogens (primary N) is 1. The molecule has 0 unspecified atom stereocenters. The van der Waals surface area contributed by atoms with Crippen LogP contribution >= 0.6 is 11.8 Å². The summed E-state index contributed by atoms with van der Waals surface area (Å²) < 4.78 is 0. The summed E-state index contributed by atoms with van der Waals surface area (Å²) in [5.41, 5.74) is 3.52. The van der Waals surface area contributed by atoms with Crippen molar-refractivity contribution in [3.05, 3.63) is 11.8 Å². The van der Waals surface area contributed by atoms with Crippen LogP contribution in [0.2, 0.25) is 0 Å². The van der Waals surface area contributed by atoms with Crippen molar-refractivity contribution in [2.45, 2.75) is 25.8 Å². The van der Waals surface area contributed by atoms with Gasteiger partial charge in [-0.3, -0.25) is 5.43 Å². The van der Waals surface area contributed by atoms with Crippen LogP contribution in [0.5, 0.6) is 0 Å². The molecule has 2 rings (SSSR count). The molecule has 0 spiro atoms. The largest absolute Gasteiger partial charge is 0.367 e. The van der Waals surface area contributed by atoms with Gasteiger partial charge < -0.3 is 5.32 Å². The Bertz CT molecular complexity index is 351. The van der Waals surface area contributed by atoms with Crippen molar-refractivity contribution in [1.29, 1.82) is 0 Å². The SMILES string of the molecule is Cc1cnc(NN)nc1NC1CCSCC1. The molecule has 0 atom stereocenters. The quantitative estimate of drug-likeness (QED) is 0.546. The fourth-order valence-electron chi connectivity index (χ4n) is 1.69. The predicted molar refractivity (Wildman–Crippen MR) is 68.5 cm³/mol. The highest BCUT2D eigenvalue weighted by molar-refractivity contribution is 7.99. The van der Waals surface area contributed by atoms with E-state index in [1.807, 2.05) is 18.7 Å². The van der Waals surface area contributed by atoms with Gasteiger partial charge in [-0.25, -0.2) is 10.8 Å². The molecule has 6 heteroatoms. The smallest absolute Gasteiger partial charge is 0.239 e. The lowest BCUT2D eigenvalue weighted by Crippen LogP contribution is -2.26. The van der Waals surface area contributed by atoms with Gasteiger partial charge in [0.25, 0.3) is 0 Å². The number of anilines is 2. The minimum atomic E-state index is 0.457. The topological polar surface area (TPSA) is 75.9 Å². The molecule has 2 heterocycles. The Kier molecular flexibility index (Phi) is 3.84. The molecule has 88 valence electrons. The summed E-state index contributed by atoms with van der Waals surface area (Å²) in [6, 6.07) is 0.528. The summed E-state index contributed by atoms with van der Waals surface area (Å²) in [7, 11) is 0. The molecule has 0 aliphatic carbocycles. The van der Waals surface area contributed by atoms with Gasteiger partial charge in [0.1, 0.15) is 5.82 Å². The Hall–Kier alpha value is -1.01. The normalized spacial score (nSPS) is 17.1. The summed E-state index contributed by atoms with van der Waals surface area (Å²) >= 11 is 2.02. The van der Waals surface area contributed by atoms with E-state index in [1.165, 1.54) is 24.3 Å². The molecule has 1 saturated heterocycles. The van der Waals surface area contributed by atoms with Crippen LogP contribution in [0.15, 0.2) is 6.20 Å². The number of aryl methyl sites for hydroxylation is 1. The molecule has 0 aromatic carbocycles. The number of nitrogens with one attached hydrogen (secondary N) is 2. The molecule has 0 amide bonds. The molecule has 1 aliphatic rings. The Morgan fingerprint density at radius 3 is 2.88 bits per heavy atom. The third-order valence-corrected chi connectivity index (χ3v) is 3.71. The van der Waals surface area contributed by atoms with Crippen LogP contribution < -0.4 is 16.6 Å².